The van der Waals surface area contributed by atoms with Crippen LogP contribution in [-0.4, -0.2) is 105 Å². The zero-order chi connectivity index (χ0) is 22.0. The van der Waals surface area contributed by atoms with Crippen molar-refractivity contribution in [2.75, 3.05) is 54.5 Å². The molecule has 0 aromatic carbocycles. The molecule has 0 aromatic heterocycles. The normalized spacial score (nSPS) is 31.9. The number of nitrogens with one attached hydrogen (secondary N) is 1. The van der Waals surface area contributed by atoms with E-state index < -0.39 is 17.7 Å². The quantitative estimate of drug-likeness (QED) is 0.390. The number of nitrogens with zero attached hydrogens (tertiary/aromatic N) is 3. The summed E-state index contributed by atoms with van der Waals surface area (Å²) in [5.74, 6) is -1.01. The van der Waals surface area contributed by atoms with E-state index in [0.717, 1.165) is 6.54 Å². The monoisotopic (exact) mass is 419 g/mol. The Balaban J connectivity index is 1.75. The fourth-order valence-electron chi connectivity index (χ4n) is 5.20. The van der Waals surface area contributed by atoms with Gasteiger partial charge in [0.1, 0.15) is 6.61 Å². The second kappa shape index (κ2) is 7.07. The zero-order valence-electron chi connectivity index (χ0n) is 18.0. The number of likely N-dealkylation sites (N-methyl/N-ethyl adjacent to an activating group) is 2. The van der Waals surface area contributed by atoms with Crippen LogP contribution in [0.25, 0.3) is 0 Å². The van der Waals surface area contributed by atoms with Crippen molar-refractivity contribution in [3.63, 3.8) is 0 Å². The topological polar surface area (TPSA) is 127 Å². The minimum absolute atomic E-state index is 0.0506. The van der Waals surface area contributed by atoms with E-state index in [1.807, 2.05) is 35.8 Å². The molecule has 10 nitrogen and oxygen atoms in total. The highest BCUT2D eigenvalue weighted by Gasteiger charge is 2.72. The number of carbonyl (C=O) groups is 3. The lowest BCUT2D eigenvalue weighted by atomic mass is 9.82. The first-order valence-electron chi connectivity index (χ1n) is 10.1. The van der Waals surface area contributed by atoms with Crippen LogP contribution in [0.4, 0.5) is 4.79 Å². The number of hydrogen-bond donors (Lipinski definition) is 2. The van der Waals surface area contributed by atoms with Crippen LogP contribution < -0.4 is 11.1 Å². The minimum Gasteiger partial charge on any atom is -0.449 e. The molecule has 0 aromatic rings. The number of hydrogen-bond acceptors (Lipinski definition) is 9. The minimum atomic E-state index is -0.950. The first kappa shape index (κ1) is 20.8. The number of carbonyl (C=O) groups excluding carboxylic acids is 3. The zero-order valence-corrected chi connectivity index (χ0v) is 18.0. The highest BCUT2D eigenvalue weighted by Crippen LogP contribution is 2.55. The molecule has 2 saturated heterocycles. The average molecular weight is 419 g/mol. The smallest absolute Gasteiger partial charge is 0.404 e. The summed E-state index contributed by atoms with van der Waals surface area (Å²) in [5.41, 5.74) is 5.80. The highest BCUT2D eigenvalue weighted by atomic mass is 16.6. The van der Waals surface area contributed by atoms with Gasteiger partial charge in [-0.05, 0) is 21.0 Å². The molecule has 1 unspecified atom stereocenters. The number of Topliss-reactive ketones (excluding diaryl/α,β-unsaturated/α-hetero) is 2. The molecule has 0 radical (unpaired) electrons. The van der Waals surface area contributed by atoms with E-state index >= 15 is 0 Å². The van der Waals surface area contributed by atoms with Crippen molar-refractivity contribution in [1.82, 2.24) is 20.0 Å². The van der Waals surface area contributed by atoms with E-state index in [1.165, 1.54) is 0 Å². The van der Waals surface area contributed by atoms with E-state index in [4.69, 9.17) is 15.2 Å². The molecule has 3 heterocycles. The van der Waals surface area contributed by atoms with E-state index in [1.54, 1.807) is 14.0 Å². The predicted molar refractivity (Wildman–Crippen MR) is 107 cm³/mol. The number of fused-ring (bicyclic) bond motifs is 4. The molecule has 2 fully saturated rings. The molecule has 164 valence electrons. The molecule has 3 N–H and O–H groups in total. The lowest BCUT2D eigenvalue weighted by Crippen LogP contribution is -2.55. The summed E-state index contributed by atoms with van der Waals surface area (Å²) >= 11 is 0. The summed E-state index contributed by atoms with van der Waals surface area (Å²) in [7, 11) is 7.28. The Bertz CT molecular complexity index is 881. The molecular weight excluding hydrogens is 390 g/mol. The maximum absolute atomic E-state index is 13.7. The third kappa shape index (κ3) is 2.78. The van der Waals surface area contributed by atoms with Crippen LogP contribution in [0.5, 0.6) is 0 Å². The van der Waals surface area contributed by atoms with Gasteiger partial charge in [-0.2, -0.15) is 0 Å². The summed E-state index contributed by atoms with van der Waals surface area (Å²) in [6.07, 6.45) is -0.926. The second-order valence-electron chi connectivity index (χ2n) is 8.62. The largest absolute Gasteiger partial charge is 0.449 e. The Labute approximate surface area is 175 Å². The molecular formula is C20H29N5O5. The van der Waals surface area contributed by atoms with Crippen LogP contribution in [0.3, 0.4) is 0 Å². The van der Waals surface area contributed by atoms with Crippen molar-refractivity contribution in [2.24, 2.45) is 11.7 Å². The Morgan fingerprint density at radius 1 is 1.27 bits per heavy atom. The summed E-state index contributed by atoms with van der Waals surface area (Å²) in [5, 5.41) is 3.35. The van der Waals surface area contributed by atoms with Gasteiger partial charge in [0.15, 0.2) is 5.72 Å². The van der Waals surface area contributed by atoms with Gasteiger partial charge in [0.25, 0.3) is 0 Å². The van der Waals surface area contributed by atoms with E-state index in [-0.39, 0.29) is 30.3 Å². The standard InChI is InChI=1S/C20H29N5O5/c1-10-14(24(4)7-6-23(2)3)17(27)13-11(9-30-19(21)28)20(29-5)18-12(22-18)8-25(20)15(13)16(10)26/h11-12,18,22H,6-9H2,1-5H3,(H2,21,28)/t11-,12+,18+,20?/m0/s1. The van der Waals surface area contributed by atoms with Gasteiger partial charge in [0.05, 0.1) is 23.4 Å². The highest BCUT2D eigenvalue weighted by molar-refractivity contribution is 6.25. The van der Waals surface area contributed by atoms with Gasteiger partial charge >= 0.3 is 6.09 Å². The number of primary amides is 1. The maximum Gasteiger partial charge on any atom is 0.404 e. The molecule has 30 heavy (non-hydrogen) atoms. The molecule has 4 atom stereocenters. The van der Waals surface area contributed by atoms with Gasteiger partial charge in [-0.25, -0.2) is 4.79 Å². The molecule has 4 aliphatic rings. The fourth-order valence-corrected chi connectivity index (χ4v) is 5.20. The van der Waals surface area contributed by atoms with Gasteiger partial charge in [0.2, 0.25) is 11.6 Å². The van der Waals surface area contributed by atoms with E-state index in [2.05, 4.69) is 5.32 Å². The average Bonchev–Trinajstić information content (AvgIpc) is 3.29. The van der Waals surface area contributed by atoms with Crippen LogP contribution >= 0.6 is 0 Å². The van der Waals surface area contributed by atoms with Gasteiger partial charge in [-0.1, -0.05) is 0 Å². The lowest BCUT2D eigenvalue weighted by molar-refractivity contribution is -0.137. The van der Waals surface area contributed by atoms with Gasteiger partial charge in [-0.15, -0.1) is 0 Å². The molecule has 0 spiro atoms. The molecule has 1 amide bonds. The third-order valence-corrected chi connectivity index (χ3v) is 6.66. The van der Waals surface area contributed by atoms with Crippen LogP contribution in [0.1, 0.15) is 6.92 Å². The number of piperazine rings is 1. The van der Waals surface area contributed by atoms with Gasteiger partial charge in [0, 0.05) is 51.0 Å². The number of nitrogens with two attached hydrogens (primary N) is 1. The molecule has 4 rings (SSSR count). The van der Waals surface area contributed by atoms with E-state index in [0.29, 0.717) is 35.6 Å². The number of rotatable bonds is 7. The Hall–Kier alpha value is -2.43. The van der Waals surface area contributed by atoms with E-state index in [9.17, 15) is 14.4 Å². The van der Waals surface area contributed by atoms with Crippen LogP contribution in [0, 0.1) is 5.92 Å². The van der Waals surface area contributed by atoms with Crippen molar-refractivity contribution in [3.8, 4) is 0 Å². The molecule has 0 saturated carbocycles. The van der Waals surface area contributed by atoms with Crippen LogP contribution in [0.15, 0.2) is 22.5 Å². The van der Waals surface area contributed by atoms with Crippen molar-refractivity contribution in [1.29, 1.82) is 0 Å². The Kier molecular flexibility index (Phi) is 4.91. The Morgan fingerprint density at radius 3 is 2.57 bits per heavy atom. The first-order valence-corrected chi connectivity index (χ1v) is 10.1. The number of methoxy groups -OCH3 is 1. The Morgan fingerprint density at radius 2 is 1.97 bits per heavy atom. The van der Waals surface area contributed by atoms with Crippen LogP contribution in [0.2, 0.25) is 0 Å². The van der Waals surface area contributed by atoms with Gasteiger partial charge in [-0.3, -0.25) is 9.59 Å². The summed E-state index contributed by atoms with van der Waals surface area (Å²) in [6.45, 7) is 3.45. The predicted octanol–water partition coefficient (Wildman–Crippen LogP) is -1.12. The first-order chi connectivity index (χ1) is 14.1. The summed E-state index contributed by atoms with van der Waals surface area (Å²) in [6, 6.07) is 0.122. The van der Waals surface area contributed by atoms with Crippen molar-refractivity contribution in [2.45, 2.75) is 24.7 Å². The molecule has 3 aliphatic heterocycles. The maximum atomic E-state index is 13.7. The molecule has 1 aliphatic carbocycles. The summed E-state index contributed by atoms with van der Waals surface area (Å²) in [4.78, 5) is 44.3. The van der Waals surface area contributed by atoms with Crippen molar-refractivity contribution >= 4 is 17.7 Å². The van der Waals surface area contributed by atoms with Crippen LogP contribution in [-0.2, 0) is 19.1 Å². The number of amides is 1. The fraction of sp³-hybridized carbons (Fsp3) is 0.650. The second-order valence-corrected chi connectivity index (χ2v) is 8.62. The van der Waals surface area contributed by atoms with Crippen molar-refractivity contribution < 1.29 is 23.9 Å². The molecule has 10 heteroatoms. The van der Waals surface area contributed by atoms with Crippen molar-refractivity contribution in [3.05, 3.63) is 22.5 Å². The lowest BCUT2D eigenvalue weighted by Gasteiger charge is -2.39. The number of ketones is 2. The number of allylic oxidation sites excluding steroid dienone is 2. The molecule has 0 bridgehead atoms. The summed E-state index contributed by atoms with van der Waals surface area (Å²) < 4.78 is 11.1. The van der Waals surface area contributed by atoms with Gasteiger partial charge < -0.3 is 35.2 Å². The SMILES string of the molecule is COC12[C@@H]3N[C@@H]3CN1C1=C(C(=O)C(N(C)CCN(C)C)=C(C)C1=O)[C@@H]2COC(N)=O. The number of ether oxygens (including phenoxy) is 2. The third-order valence-electron chi connectivity index (χ3n) is 6.66.